The largest absolute Gasteiger partial charge is 0.493 e. The Hall–Kier alpha value is -2.87. The number of carbonyl (C=O) groups excluding carboxylic acids is 3. The Morgan fingerprint density at radius 3 is 2.70 bits per heavy atom. The minimum atomic E-state index is -1.36. The molecule has 3 heterocycles. The Labute approximate surface area is 200 Å². The van der Waals surface area contributed by atoms with E-state index in [1.54, 1.807) is 23.6 Å². The van der Waals surface area contributed by atoms with E-state index in [-0.39, 0.29) is 37.5 Å². The lowest BCUT2D eigenvalue weighted by Crippen LogP contribution is -2.67. The second-order valence-electron chi connectivity index (χ2n) is 8.89. The number of benzene rings is 2. The fourth-order valence-electron chi connectivity index (χ4n) is 5.70. The van der Waals surface area contributed by atoms with Gasteiger partial charge in [0, 0.05) is 22.5 Å². The monoisotopic (exact) mass is 512 g/mol. The Balaban J connectivity index is 1.61. The highest BCUT2D eigenvalue weighted by Gasteiger charge is 2.69. The second-order valence-corrected chi connectivity index (χ2v) is 9.81. The molecule has 0 aliphatic carbocycles. The molecule has 0 aromatic heterocycles. The van der Waals surface area contributed by atoms with Gasteiger partial charge < -0.3 is 19.3 Å². The topological polar surface area (TPSA) is 76.2 Å². The van der Waals surface area contributed by atoms with Gasteiger partial charge in [-0.3, -0.25) is 14.4 Å². The predicted octanol–water partition coefficient (Wildman–Crippen LogP) is 3.32. The fraction of sp³-hybridized carbons (Fsp3) is 0.400. The number of esters is 1. The Morgan fingerprint density at radius 1 is 1.21 bits per heavy atom. The van der Waals surface area contributed by atoms with E-state index in [2.05, 4.69) is 15.9 Å². The van der Waals surface area contributed by atoms with Crippen LogP contribution in [0.3, 0.4) is 0 Å². The van der Waals surface area contributed by atoms with E-state index >= 15 is 0 Å². The number of piperazine rings is 1. The van der Waals surface area contributed by atoms with E-state index in [0.29, 0.717) is 12.3 Å². The van der Waals surface area contributed by atoms with E-state index in [1.165, 1.54) is 0 Å². The summed E-state index contributed by atoms with van der Waals surface area (Å²) >= 11 is 3.51. The first-order chi connectivity index (χ1) is 15.9. The molecule has 33 heavy (non-hydrogen) atoms. The van der Waals surface area contributed by atoms with Crippen LogP contribution in [0.2, 0.25) is 0 Å². The molecule has 0 unspecified atom stereocenters. The van der Waals surface area contributed by atoms with Gasteiger partial charge in [-0.15, -0.1) is 0 Å². The minimum Gasteiger partial charge on any atom is -0.493 e. The maximum Gasteiger partial charge on any atom is 0.312 e. The lowest BCUT2D eigenvalue weighted by atomic mass is 9.77. The standard InChI is InChI=1S/C25H25BrN2O5/c1-3-32-23(30)21-18-14-33-19-10-9-16(26)11-17(19)22(18)28-20(29)13-27(24(31)25(21,28)2)12-15-7-5-4-6-8-15/h4-11,18,21-22H,3,12-14H2,1-2H3/t18-,21-,22+,25-/m1/s1. The van der Waals surface area contributed by atoms with Crippen molar-refractivity contribution in [3.8, 4) is 5.75 Å². The summed E-state index contributed by atoms with van der Waals surface area (Å²) in [6.45, 7) is 4.14. The number of hydrogen-bond donors (Lipinski definition) is 0. The molecule has 2 aromatic carbocycles. The fourth-order valence-corrected chi connectivity index (χ4v) is 6.08. The zero-order chi connectivity index (χ0) is 23.3. The quantitative estimate of drug-likeness (QED) is 0.587. The first kappa shape index (κ1) is 21.9. The summed E-state index contributed by atoms with van der Waals surface area (Å²) in [6, 6.07) is 14.7. The molecule has 3 aliphatic rings. The van der Waals surface area contributed by atoms with Gasteiger partial charge in [0.15, 0.2) is 0 Å². The van der Waals surface area contributed by atoms with E-state index in [0.717, 1.165) is 15.6 Å². The average molecular weight is 513 g/mol. The third-order valence-corrected chi connectivity index (χ3v) is 7.50. The highest BCUT2D eigenvalue weighted by atomic mass is 79.9. The van der Waals surface area contributed by atoms with Crippen LogP contribution in [0.15, 0.2) is 53.0 Å². The van der Waals surface area contributed by atoms with Crippen LogP contribution in [-0.4, -0.2) is 52.9 Å². The molecule has 3 aliphatic heterocycles. The highest BCUT2D eigenvalue weighted by Crippen LogP contribution is 2.57. The van der Waals surface area contributed by atoms with Crippen molar-refractivity contribution in [1.82, 2.24) is 9.80 Å². The minimum absolute atomic E-state index is 0.0354. The number of ether oxygens (including phenoxy) is 2. The molecule has 2 amide bonds. The number of rotatable bonds is 4. The maximum absolute atomic E-state index is 14.0. The van der Waals surface area contributed by atoms with Crippen molar-refractivity contribution in [2.75, 3.05) is 19.8 Å². The number of halogens is 1. The normalized spacial score (nSPS) is 28.0. The van der Waals surface area contributed by atoms with Crippen molar-refractivity contribution < 1.29 is 23.9 Å². The Bertz CT molecular complexity index is 1120. The van der Waals surface area contributed by atoms with Crippen LogP contribution in [0.5, 0.6) is 5.75 Å². The van der Waals surface area contributed by atoms with Gasteiger partial charge in [-0.05, 0) is 37.6 Å². The van der Waals surface area contributed by atoms with Gasteiger partial charge in [-0.1, -0.05) is 46.3 Å². The maximum atomic E-state index is 14.0. The lowest BCUT2D eigenvalue weighted by Gasteiger charge is -2.47. The highest BCUT2D eigenvalue weighted by molar-refractivity contribution is 9.10. The van der Waals surface area contributed by atoms with Crippen LogP contribution < -0.4 is 4.74 Å². The van der Waals surface area contributed by atoms with Crippen molar-refractivity contribution in [3.63, 3.8) is 0 Å². The van der Waals surface area contributed by atoms with Crippen molar-refractivity contribution >= 4 is 33.7 Å². The number of amides is 2. The van der Waals surface area contributed by atoms with Gasteiger partial charge in [-0.2, -0.15) is 0 Å². The van der Waals surface area contributed by atoms with Crippen LogP contribution in [-0.2, 0) is 25.7 Å². The molecule has 7 nitrogen and oxygen atoms in total. The van der Waals surface area contributed by atoms with Crippen LogP contribution in [0.25, 0.3) is 0 Å². The van der Waals surface area contributed by atoms with Gasteiger partial charge >= 0.3 is 5.97 Å². The molecule has 172 valence electrons. The molecule has 2 saturated heterocycles. The van der Waals surface area contributed by atoms with E-state index in [9.17, 15) is 14.4 Å². The summed E-state index contributed by atoms with van der Waals surface area (Å²) in [5.41, 5.74) is 0.367. The van der Waals surface area contributed by atoms with Crippen molar-refractivity contribution in [2.45, 2.75) is 32.0 Å². The van der Waals surface area contributed by atoms with E-state index < -0.39 is 23.5 Å². The molecule has 2 aromatic rings. The molecule has 0 bridgehead atoms. The molecule has 0 radical (unpaired) electrons. The Morgan fingerprint density at radius 2 is 1.97 bits per heavy atom. The molecule has 8 heteroatoms. The number of fused-ring (bicyclic) bond motifs is 5. The molecule has 0 N–H and O–H groups in total. The SMILES string of the molecule is CCOC(=O)[C@H]1[C@H]2COc3ccc(Br)cc3[C@@H]2N2C(=O)CN(Cc3ccccc3)C(=O)[C@@]12C. The molecule has 2 fully saturated rings. The number of carbonyl (C=O) groups is 3. The summed E-state index contributed by atoms with van der Waals surface area (Å²) in [5.74, 6) is -1.44. The summed E-state index contributed by atoms with van der Waals surface area (Å²) in [6.07, 6.45) is 0. The lowest BCUT2D eigenvalue weighted by molar-refractivity contribution is -0.170. The average Bonchev–Trinajstić information content (AvgIpc) is 3.08. The van der Waals surface area contributed by atoms with Crippen molar-refractivity contribution in [2.24, 2.45) is 11.8 Å². The van der Waals surface area contributed by atoms with Crippen LogP contribution in [0.4, 0.5) is 0 Å². The first-order valence-electron chi connectivity index (χ1n) is 11.1. The first-order valence-corrected chi connectivity index (χ1v) is 11.9. The van der Waals surface area contributed by atoms with E-state index in [1.807, 2.05) is 48.5 Å². The summed E-state index contributed by atoms with van der Waals surface area (Å²) in [7, 11) is 0. The van der Waals surface area contributed by atoms with Crippen LogP contribution in [0, 0.1) is 11.8 Å². The van der Waals surface area contributed by atoms with Gasteiger partial charge in [0.1, 0.15) is 17.8 Å². The number of nitrogens with zero attached hydrogens (tertiary/aromatic N) is 2. The van der Waals surface area contributed by atoms with E-state index in [4.69, 9.17) is 9.47 Å². The number of hydrogen-bond acceptors (Lipinski definition) is 5. The third kappa shape index (κ3) is 3.34. The summed E-state index contributed by atoms with van der Waals surface area (Å²) in [4.78, 5) is 44.1. The smallest absolute Gasteiger partial charge is 0.312 e. The van der Waals surface area contributed by atoms with Gasteiger partial charge in [-0.25, -0.2) is 0 Å². The molecule has 0 saturated carbocycles. The molecule has 4 atom stereocenters. The zero-order valence-corrected chi connectivity index (χ0v) is 20.1. The van der Waals surface area contributed by atoms with Crippen LogP contribution >= 0.6 is 15.9 Å². The Kier molecular flexibility index (Phi) is 5.43. The molecule has 5 rings (SSSR count). The molecular formula is C25H25BrN2O5. The molecular weight excluding hydrogens is 488 g/mol. The second kappa shape index (κ2) is 8.17. The van der Waals surface area contributed by atoms with Crippen molar-refractivity contribution in [1.29, 1.82) is 0 Å². The molecule has 0 spiro atoms. The van der Waals surface area contributed by atoms with Gasteiger partial charge in [0.25, 0.3) is 0 Å². The summed E-state index contributed by atoms with van der Waals surface area (Å²) in [5, 5.41) is 0. The summed E-state index contributed by atoms with van der Waals surface area (Å²) < 4.78 is 12.3. The van der Waals surface area contributed by atoms with Crippen molar-refractivity contribution in [3.05, 3.63) is 64.1 Å². The zero-order valence-electron chi connectivity index (χ0n) is 18.5. The predicted molar refractivity (Wildman–Crippen MR) is 123 cm³/mol. The van der Waals surface area contributed by atoms with Gasteiger partial charge in [0.05, 0.1) is 25.2 Å². The third-order valence-electron chi connectivity index (χ3n) is 7.01. The van der Waals surface area contributed by atoms with Crippen LogP contribution in [0.1, 0.15) is 31.0 Å². The van der Waals surface area contributed by atoms with Gasteiger partial charge in [0.2, 0.25) is 11.8 Å².